The van der Waals surface area contributed by atoms with Gasteiger partial charge in [-0.2, -0.15) is 0 Å². The maximum Gasteiger partial charge on any atom is 0.191 e. The zero-order valence-corrected chi connectivity index (χ0v) is 13.7. The fourth-order valence-electron chi connectivity index (χ4n) is 3.47. The fraction of sp³-hybridized carbons (Fsp3) is 0.824. The quantitative estimate of drug-likeness (QED) is 0.328. The molecule has 2 N–H and O–H groups in total. The average molecular weight is 293 g/mol. The van der Waals surface area contributed by atoms with Crippen LogP contribution in [0.1, 0.15) is 51.9 Å². The lowest BCUT2D eigenvalue weighted by atomic mass is 9.83. The Kier molecular flexibility index (Phi) is 6.55. The summed E-state index contributed by atoms with van der Waals surface area (Å²) in [6.45, 7) is 4.79. The van der Waals surface area contributed by atoms with Gasteiger partial charge in [0.2, 0.25) is 0 Å². The van der Waals surface area contributed by atoms with Crippen LogP contribution in [-0.4, -0.2) is 38.8 Å². The summed E-state index contributed by atoms with van der Waals surface area (Å²) in [5, 5.41) is 7.08. The van der Waals surface area contributed by atoms with E-state index < -0.39 is 0 Å². The van der Waals surface area contributed by atoms with Crippen molar-refractivity contribution in [2.75, 3.05) is 26.8 Å². The van der Waals surface area contributed by atoms with Crippen molar-refractivity contribution in [2.45, 2.75) is 57.9 Å². The highest BCUT2D eigenvalue weighted by Gasteiger charge is 2.33. The Morgan fingerprint density at radius 3 is 2.62 bits per heavy atom. The first-order valence-electron chi connectivity index (χ1n) is 8.48. The Hall–Kier alpha value is -1.03. The van der Waals surface area contributed by atoms with Crippen LogP contribution < -0.4 is 10.6 Å². The lowest BCUT2D eigenvalue weighted by Gasteiger charge is -2.30. The first-order valence-corrected chi connectivity index (χ1v) is 8.48. The van der Waals surface area contributed by atoms with E-state index in [-0.39, 0.29) is 0 Å². The molecule has 2 aliphatic rings. The van der Waals surface area contributed by atoms with Gasteiger partial charge >= 0.3 is 0 Å². The minimum atomic E-state index is 0.403. The van der Waals surface area contributed by atoms with Crippen LogP contribution in [0.3, 0.4) is 0 Å². The number of hydrogen-bond acceptors (Lipinski definition) is 2. The van der Waals surface area contributed by atoms with Gasteiger partial charge in [0.25, 0.3) is 0 Å². The van der Waals surface area contributed by atoms with Crippen LogP contribution in [0.25, 0.3) is 0 Å². The van der Waals surface area contributed by atoms with E-state index in [4.69, 9.17) is 4.74 Å². The molecule has 0 spiro atoms. The van der Waals surface area contributed by atoms with E-state index in [0.29, 0.717) is 11.5 Å². The lowest BCUT2D eigenvalue weighted by Crippen LogP contribution is -2.46. The molecule has 0 atom stereocenters. The van der Waals surface area contributed by atoms with Crippen molar-refractivity contribution in [1.82, 2.24) is 10.6 Å². The summed E-state index contributed by atoms with van der Waals surface area (Å²) in [6.07, 6.45) is 13.2. The van der Waals surface area contributed by atoms with E-state index in [2.05, 4.69) is 34.7 Å². The van der Waals surface area contributed by atoms with Crippen LogP contribution >= 0.6 is 0 Å². The summed E-state index contributed by atoms with van der Waals surface area (Å²) >= 11 is 0. The SMILES string of the molecule is CCOCCC1(CNC(=NC)NC2CC=CC2)CCCC1. The molecule has 2 aliphatic carbocycles. The Morgan fingerprint density at radius 2 is 2.00 bits per heavy atom. The van der Waals surface area contributed by atoms with Crippen LogP contribution in [0.15, 0.2) is 17.1 Å². The average Bonchev–Trinajstić information content (AvgIpc) is 3.16. The molecule has 21 heavy (non-hydrogen) atoms. The van der Waals surface area contributed by atoms with Crippen molar-refractivity contribution in [1.29, 1.82) is 0 Å². The van der Waals surface area contributed by atoms with Crippen molar-refractivity contribution < 1.29 is 4.74 Å². The van der Waals surface area contributed by atoms with Crippen molar-refractivity contribution in [3.05, 3.63) is 12.2 Å². The second kappa shape index (κ2) is 8.42. The Balaban J connectivity index is 1.79. The monoisotopic (exact) mass is 293 g/mol. The molecule has 0 aromatic rings. The van der Waals surface area contributed by atoms with Crippen molar-refractivity contribution in [3.8, 4) is 0 Å². The highest BCUT2D eigenvalue weighted by atomic mass is 16.5. The summed E-state index contributed by atoms with van der Waals surface area (Å²) in [4.78, 5) is 4.38. The Bertz CT molecular complexity index is 351. The number of nitrogens with zero attached hydrogens (tertiary/aromatic N) is 1. The maximum absolute atomic E-state index is 5.58. The molecular weight excluding hydrogens is 262 g/mol. The molecule has 0 saturated heterocycles. The first kappa shape index (κ1) is 16.3. The molecule has 1 fully saturated rings. The van der Waals surface area contributed by atoms with E-state index in [1.54, 1.807) is 0 Å². The maximum atomic E-state index is 5.58. The first-order chi connectivity index (χ1) is 10.3. The van der Waals surface area contributed by atoms with E-state index >= 15 is 0 Å². The van der Waals surface area contributed by atoms with Crippen LogP contribution in [0.4, 0.5) is 0 Å². The molecule has 4 heteroatoms. The van der Waals surface area contributed by atoms with Gasteiger partial charge in [0.15, 0.2) is 5.96 Å². The van der Waals surface area contributed by atoms with Gasteiger partial charge in [-0.25, -0.2) is 0 Å². The largest absolute Gasteiger partial charge is 0.382 e. The summed E-state index contributed by atoms with van der Waals surface area (Å²) in [5.41, 5.74) is 0.403. The molecule has 0 heterocycles. The van der Waals surface area contributed by atoms with Crippen LogP contribution in [0.5, 0.6) is 0 Å². The van der Waals surface area contributed by atoms with Gasteiger partial charge in [-0.15, -0.1) is 0 Å². The van der Waals surface area contributed by atoms with Gasteiger partial charge in [-0.05, 0) is 44.4 Å². The number of hydrogen-bond donors (Lipinski definition) is 2. The van der Waals surface area contributed by atoms with Crippen molar-refractivity contribution in [2.24, 2.45) is 10.4 Å². The molecule has 0 amide bonds. The zero-order chi connectivity index (χ0) is 15.0. The van der Waals surface area contributed by atoms with E-state index in [9.17, 15) is 0 Å². The topological polar surface area (TPSA) is 45.6 Å². The van der Waals surface area contributed by atoms with E-state index in [0.717, 1.165) is 45.0 Å². The second-order valence-electron chi connectivity index (χ2n) is 6.36. The molecule has 4 nitrogen and oxygen atoms in total. The molecule has 0 bridgehead atoms. The van der Waals surface area contributed by atoms with Gasteiger partial charge in [-0.1, -0.05) is 25.0 Å². The van der Waals surface area contributed by atoms with Gasteiger partial charge in [0.1, 0.15) is 0 Å². The third-order valence-corrected chi connectivity index (χ3v) is 4.85. The van der Waals surface area contributed by atoms with Gasteiger partial charge < -0.3 is 15.4 Å². The van der Waals surface area contributed by atoms with Crippen LogP contribution in [0, 0.1) is 5.41 Å². The molecule has 0 aromatic heterocycles. The minimum absolute atomic E-state index is 0.403. The third-order valence-electron chi connectivity index (χ3n) is 4.85. The standard InChI is InChI=1S/C17H31N3O/c1-3-21-13-12-17(10-6-7-11-17)14-19-16(18-2)20-15-8-4-5-9-15/h4-5,15H,3,6-14H2,1-2H3,(H2,18,19,20). The minimum Gasteiger partial charge on any atom is -0.382 e. The molecule has 2 rings (SSSR count). The van der Waals surface area contributed by atoms with Crippen molar-refractivity contribution >= 4 is 5.96 Å². The molecular formula is C17H31N3O. The number of aliphatic imine (C=N–C) groups is 1. The smallest absolute Gasteiger partial charge is 0.191 e. The van der Waals surface area contributed by atoms with Crippen molar-refractivity contribution in [3.63, 3.8) is 0 Å². The van der Waals surface area contributed by atoms with Gasteiger partial charge in [-0.3, -0.25) is 4.99 Å². The van der Waals surface area contributed by atoms with Crippen LogP contribution in [-0.2, 0) is 4.74 Å². The van der Waals surface area contributed by atoms with Gasteiger partial charge in [0, 0.05) is 32.8 Å². The summed E-state index contributed by atoms with van der Waals surface area (Å²) in [5.74, 6) is 0.950. The number of nitrogens with one attached hydrogen (secondary N) is 2. The molecule has 0 unspecified atom stereocenters. The second-order valence-corrected chi connectivity index (χ2v) is 6.36. The Labute approximate surface area is 129 Å². The van der Waals surface area contributed by atoms with Crippen LogP contribution in [0.2, 0.25) is 0 Å². The molecule has 120 valence electrons. The zero-order valence-electron chi connectivity index (χ0n) is 13.7. The van der Waals surface area contributed by atoms with E-state index in [1.165, 1.54) is 25.7 Å². The number of guanidine groups is 1. The molecule has 0 radical (unpaired) electrons. The third kappa shape index (κ3) is 5.03. The number of ether oxygens (including phenoxy) is 1. The van der Waals surface area contributed by atoms with Gasteiger partial charge in [0.05, 0.1) is 0 Å². The number of rotatable bonds is 7. The highest BCUT2D eigenvalue weighted by Crippen LogP contribution is 2.40. The Morgan fingerprint density at radius 1 is 1.29 bits per heavy atom. The predicted molar refractivity (Wildman–Crippen MR) is 88.7 cm³/mol. The normalized spacial score (nSPS) is 21.9. The highest BCUT2D eigenvalue weighted by molar-refractivity contribution is 5.80. The summed E-state index contributed by atoms with van der Waals surface area (Å²) < 4.78 is 5.58. The lowest BCUT2D eigenvalue weighted by molar-refractivity contribution is 0.105. The molecule has 0 aromatic carbocycles. The molecule has 1 saturated carbocycles. The summed E-state index contributed by atoms with van der Waals surface area (Å²) in [6, 6.07) is 0.513. The fourth-order valence-corrected chi connectivity index (χ4v) is 3.47. The molecule has 0 aliphatic heterocycles. The predicted octanol–water partition coefficient (Wildman–Crippen LogP) is 2.86. The summed E-state index contributed by atoms with van der Waals surface area (Å²) in [7, 11) is 1.86. The van der Waals surface area contributed by atoms with E-state index in [1.807, 2.05) is 7.05 Å².